The van der Waals surface area contributed by atoms with E-state index in [0.717, 1.165) is 24.6 Å². The van der Waals surface area contributed by atoms with E-state index in [1.54, 1.807) is 7.11 Å². The first kappa shape index (κ1) is 13.4. The molecule has 16 heavy (non-hydrogen) atoms. The van der Waals surface area contributed by atoms with E-state index >= 15 is 0 Å². The van der Waals surface area contributed by atoms with Crippen LogP contribution in [-0.4, -0.2) is 19.5 Å². The fourth-order valence-corrected chi connectivity index (χ4v) is 2.15. The molecule has 1 N–H and O–H groups in total. The van der Waals surface area contributed by atoms with Crippen LogP contribution in [0.4, 0.5) is 0 Å². The van der Waals surface area contributed by atoms with Gasteiger partial charge in [0.1, 0.15) is 5.75 Å². The van der Waals surface area contributed by atoms with Crippen molar-refractivity contribution in [3.8, 4) is 5.75 Å². The molecule has 0 spiro atoms. The summed E-state index contributed by atoms with van der Waals surface area (Å²) in [4.78, 5) is 0. The van der Waals surface area contributed by atoms with Crippen LogP contribution in [0.3, 0.4) is 0 Å². The minimum Gasteiger partial charge on any atom is -0.496 e. The van der Waals surface area contributed by atoms with Crippen LogP contribution >= 0.6 is 12.6 Å². The molecule has 0 aliphatic rings. The van der Waals surface area contributed by atoms with Gasteiger partial charge in [-0.15, -0.1) is 0 Å². The van der Waals surface area contributed by atoms with Crippen molar-refractivity contribution in [2.45, 2.75) is 27.2 Å². The number of rotatable bonds is 5. The predicted molar refractivity (Wildman–Crippen MR) is 72.8 cm³/mol. The van der Waals surface area contributed by atoms with Gasteiger partial charge in [-0.3, -0.25) is 0 Å². The Bertz CT molecular complexity index is 363. The van der Waals surface area contributed by atoms with Crippen molar-refractivity contribution in [1.29, 1.82) is 0 Å². The van der Waals surface area contributed by atoms with E-state index in [0.29, 0.717) is 0 Å². The Morgan fingerprint density at radius 1 is 1.25 bits per heavy atom. The lowest BCUT2D eigenvalue weighted by atomic mass is 9.95. The largest absolute Gasteiger partial charge is 0.496 e. The molecule has 0 fully saturated rings. The summed E-state index contributed by atoms with van der Waals surface area (Å²) in [7, 11) is 1.73. The number of hydrogen-bond acceptors (Lipinski definition) is 3. The van der Waals surface area contributed by atoms with Gasteiger partial charge in [-0.05, 0) is 62.1 Å². The zero-order chi connectivity index (χ0) is 12.1. The lowest BCUT2D eigenvalue weighted by Gasteiger charge is -2.16. The highest BCUT2D eigenvalue weighted by Gasteiger charge is 2.09. The minimum absolute atomic E-state index is 0.729. The quantitative estimate of drug-likeness (QED) is 0.468. The third-order valence-corrected chi connectivity index (χ3v) is 3.32. The predicted octanol–water partition coefficient (Wildman–Crippen LogP) is 2.64. The Kier molecular flexibility index (Phi) is 5.16. The summed E-state index contributed by atoms with van der Waals surface area (Å²) in [5.74, 6) is 1.72. The molecule has 0 saturated carbocycles. The average molecular weight is 239 g/mol. The van der Waals surface area contributed by atoms with Gasteiger partial charge in [0.25, 0.3) is 0 Å². The second-order valence-corrected chi connectivity index (χ2v) is 4.35. The van der Waals surface area contributed by atoms with Gasteiger partial charge in [0.05, 0.1) is 7.11 Å². The van der Waals surface area contributed by atoms with Crippen molar-refractivity contribution < 1.29 is 4.74 Å². The lowest BCUT2D eigenvalue weighted by Crippen LogP contribution is -2.16. The number of aryl methyl sites for hydroxylation is 1. The van der Waals surface area contributed by atoms with E-state index in [4.69, 9.17) is 4.74 Å². The number of nitrogens with one attached hydrogen (secondary N) is 1. The Morgan fingerprint density at radius 3 is 2.50 bits per heavy atom. The van der Waals surface area contributed by atoms with Gasteiger partial charge in [-0.25, -0.2) is 0 Å². The summed E-state index contributed by atoms with van der Waals surface area (Å²) in [6, 6.07) is 2.12. The Balaban J connectivity index is 2.96. The van der Waals surface area contributed by atoms with Crippen LogP contribution in [0.1, 0.15) is 22.3 Å². The van der Waals surface area contributed by atoms with Gasteiger partial charge in [0.2, 0.25) is 0 Å². The summed E-state index contributed by atoms with van der Waals surface area (Å²) < 4.78 is 5.36. The third kappa shape index (κ3) is 2.92. The molecule has 0 heterocycles. The highest BCUT2D eigenvalue weighted by molar-refractivity contribution is 7.80. The summed E-state index contributed by atoms with van der Waals surface area (Å²) in [6.07, 6.45) is 1.04. The van der Waals surface area contributed by atoms with Crippen LogP contribution in [0.2, 0.25) is 0 Å². The van der Waals surface area contributed by atoms with Crippen LogP contribution in [0, 0.1) is 20.8 Å². The average Bonchev–Trinajstić information content (AvgIpc) is 2.28. The second-order valence-electron chi connectivity index (χ2n) is 4.03. The standard InChI is InChI=1S/C13H21NOS/c1-9-7-13(15-4)11(3)10(2)12(9)5-6-14-8-16/h7,14,16H,5-6,8H2,1-4H3. The van der Waals surface area contributed by atoms with E-state index < -0.39 is 0 Å². The van der Waals surface area contributed by atoms with Crippen LogP contribution in [0.15, 0.2) is 6.07 Å². The van der Waals surface area contributed by atoms with Crippen LogP contribution in [-0.2, 0) is 6.42 Å². The van der Waals surface area contributed by atoms with Crippen molar-refractivity contribution >= 4 is 12.6 Å². The molecule has 1 aromatic carbocycles. The minimum atomic E-state index is 0.729. The molecule has 0 radical (unpaired) electrons. The molecule has 0 aliphatic heterocycles. The van der Waals surface area contributed by atoms with Gasteiger partial charge in [-0.1, -0.05) is 0 Å². The molecule has 0 aliphatic carbocycles. The van der Waals surface area contributed by atoms with Crippen LogP contribution < -0.4 is 10.1 Å². The first-order chi connectivity index (χ1) is 7.61. The van der Waals surface area contributed by atoms with Gasteiger partial charge >= 0.3 is 0 Å². The van der Waals surface area contributed by atoms with Gasteiger partial charge in [0.15, 0.2) is 0 Å². The highest BCUT2D eigenvalue weighted by atomic mass is 32.1. The molecule has 2 nitrogen and oxygen atoms in total. The van der Waals surface area contributed by atoms with E-state index in [-0.39, 0.29) is 0 Å². The molecule has 90 valence electrons. The first-order valence-electron chi connectivity index (χ1n) is 5.57. The molecular formula is C13H21NOS. The van der Waals surface area contributed by atoms with Crippen molar-refractivity contribution in [2.24, 2.45) is 0 Å². The monoisotopic (exact) mass is 239 g/mol. The first-order valence-corrected chi connectivity index (χ1v) is 6.20. The molecule has 0 aromatic heterocycles. The van der Waals surface area contributed by atoms with Crippen molar-refractivity contribution in [3.05, 3.63) is 28.3 Å². The van der Waals surface area contributed by atoms with Gasteiger partial charge in [-0.2, -0.15) is 12.6 Å². The van der Waals surface area contributed by atoms with Crippen molar-refractivity contribution in [1.82, 2.24) is 5.32 Å². The van der Waals surface area contributed by atoms with Gasteiger partial charge < -0.3 is 10.1 Å². The van der Waals surface area contributed by atoms with E-state index in [2.05, 4.69) is 44.8 Å². The molecule has 1 rings (SSSR count). The molecule has 0 saturated heterocycles. The molecule has 1 aromatic rings. The van der Waals surface area contributed by atoms with Crippen molar-refractivity contribution in [2.75, 3.05) is 19.5 Å². The topological polar surface area (TPSA) is 21.3 Å². The van der Waals surface area contributed by atoms with Crippen LogP contribution in [0.5, 0.6) is 5.75 Å². The maximum Gasteiger partial charge on any atom is 0.122 e. The number of benzene rings is 1. The molecule has 3 heteroatoms. The van der Waals surface area contributed by atoms with E-state index in [1.807, 2.05) is 0 Å². The van der Waals surface area contributed by atoms with Crippen molar-refractivity contribution in [3.63, 3.8) is 0 Å². The Hall–Kier alpha value is -0.670. The maximum atomic E-state index is 5.36. The van der Waals surface area contributed by atoms with Crippen LogP contribution in [0.25, 0.3) is 0 Å². The lowest BCUT2D eigenvalue weighted by molar-refractivity contribution is 0.410. The van der Waals surface area contributed by atoms with E-state index in [1.165, 1.54) is 22.3 Å². The molecular weight excluding hydrogens is 218 g/mol. The number of methoxy groups -OCH3 is 1. The normalized spacial score (nSPS) is 10.6. The fraction of sp³-hybridized carbons (Fsp3) is 0.538. The highest BCUT2D eigenvalue weighted by Crippen LogP contribution is 2.27. The van der Waals surface area contributed by atoms with Gasteiger partial charge in [0, 0.05) is 5.88 Å². The SMILES string of the molecule is COc1cc(C)c(CCNCS)c(C)c1C. The van der Waals surface area contributed by atoms with E-state index in [9.17, 15) is 0 Å². The molecule has 0 amide bonds. The number of hydrogen-bond donors (Lipinski definition) is 2. The number of ether oxygens (including phenoxy) is 1. The Morgan fingerprint density at radius 2 is 1.94 bits per heavy atom. The maximum absolute atomic E-state index is 5.36. The molecule has 0 bridgehead atoms. The summed E-state index contributed by atoms with van der Waals surface area (Å²) in [5.41, 5.74) is 5.32. The smallest absolute Gasteiger partial charge is 0.122 e. The summed E-state index contributed by atoms with van der Waals surface area (Å²) in [6.45, 7) is 7.39. The second kappa shape index (κ2) is 6.16. The molecule has 0 atom stereocenters. The zero-order valence-corrected chi connectivity index (χ0v) is 11.4. The summed E-state index contributed by atoms with van der Waals surface area (Å²) in [5, 5.41) is 3.23. The third-order valence-electron chi connectivity index (χ3n) is 3.09. The molecule has 0 unspecified atom stereocenters. The Labute approximate surface area is 104 Å². The fourth-order valence-electron chi connectivity index (χ4n) is 1.99. The summed E-state index contributed by atoms with van der Waals surface area (Å²) >= 11 is 4.14. The number of thiol groups is 1. The zero-order valence-electron chi connectivity index (χ0n) is 10.6.